The van der Waals surface area contributed by atoms with Gasteiger partial charge < -0.3 is 0 Å². The molecule has 1 nitrogen and oxygen atoms in total. The van der Waals surface area contributed by atoms with E-state index in [0.717, 1.165) is 0 Å². The van der Waals surface area contributed by atoms with Crippen LogP contribution in [0, 0.1) is 83.1 Å². The Labute approximate surface area is 345 Å². The molecule has 3 heteroatoms. The molecule has 0 aromatic heterocycles. The maximum absolute atomic E-state index is 3.49. The van der Waals surface area contributed by atoms with Crippen molar-refractivity contribution in [3.63, 3.8) is 0 Å². The first-order valence-corrected chi connectivity index (χ1v) is 24.9. The van der Waals surface area contributed by atoms with Gasteiger partial charge in [0.25, 0.3) is 0 Å². The number of nitrogens with zero attached hydrogens (tertiary/aromatic N) is 1. The van der Waals surface area contributed by atoms with Gasteiger partial charge in [-0.1, -0.05) is 0 Å². The average molecular weight is 802 g/mol. The molecule has 0 saturated carbocycles. The van der Waals surface area contributed by atoms with E-state index < -0.39 is 13.3 Å². The Morgan fingerprint density at radius 3 is 1.11 bits per heavy atom. The van der Waals surface area contributed by atoms with Crippen molar-refractivity contribution >= 4 is 71.0 Å². The summed E-state index contributed by atoms with van der Waals surface area (Å²) in [7, 11) is 0. The first-order chi connectivity index (χ1) is 27.3. The molecule has 0 spiro atoms. The normalized spacial score (nSPS) is 13.0. The van der Waals surface area contributed by atoms with E-state index in [-0.39, 0.29) is 6.71 Å². The SMILES string of the molecule is Cc1cc(C)c(B(c2c(C)cc(C)c(C)c2C)c2c(C)c(C)c(N3c4cccc[c]4[Ge]([c]4ccccc4)([c]4ccccc4)[c]4ccccc43)c(C)c2C)c(C)c1C. The molecule has 8 rings (SSSR count). The van der Waals surface area contributed by atoms with Crippen LogP contribution in [-0.4, -0.2) is 20.0 Å². The van der Waals surface area contributed by atoms with Gasteiger partial charge in [-0.3, -0.25) is 0 Å². The second-order valence-corrected chi connectivity index (χ2v) is 24.7. The van der Waals surface area contributed by atoms with Crippen molar-refractivity contribution in [1.29, 1.82) is 0 Å². The van der Waals surface area contributed by atoms with Crippen molar-refractivity contribution in [1.82, 2.24) is 0 Å². The Kier molecular flexibility index (Phi) is 10.0. The van der Waals surface area contributed by atoms with Crippen LogP contribution in [0.15, 0.2) is 121 Å². The molecule has 1 aliphatic heterocycles. The van der Waals surface area contributed by atoms with Gasteiger partial charge in [-0.2, -0.15) is 0 Å². The first kappa shape index (κ1) is 38.8. The number of benzene rings is 7. The van der Waals surface area contributed by atoms with Gasteiger partial charge in [-0.25, -0.2) is 0 Å². The zero-order valence-electron chi connectivity index (χ0n) is 36.1. The third-order valence-corrected chi connectivity index (χ3v) is 24.3. The van der Waals surface area contributed by atoms with E-state index in [9.17, 15) is 0 Å². The standard InChI is InChI=1S/C54H56BGeN/c1-33-31-35(3)51(39(7)37(33)5)55(52-36(4)32-34(2)38(6)40(52)8)53-41(9)43(11)54(44(12)42(53)10)57-49-29-21-19-27-47(49)56(45-23-15-13-16-24-45,46-25-17-14-18-26-46)48-28-20-22-30-50(48)57/h13-32H,1-12H3. The summed E-state index contributed by atoms with van der Waals surface area (Å²) in [4.78, 5) is 2.64. The van der Waals surface area contributed by atoms with Crippen LogP contribution < -0.4 is 38.9 Å². The third-order valence-electron chi connectivity index (χ3n) is 14.1. The fourth-order valence-electron chi connectivity index (χ4n) is 10.7. The molecular weight excluding hydrogens is 746 g/mol. The Morgan fingerprint density at radius 1 is 0.351 bits per heavy atom. The van der Waals surface area contributed by atoms with Gasteiger partial charge in [0, 0.05) is 0 Å². The van der Waals surface area contributed by atoms with Crippen molar-refractivity contribution in [2.75, 3.05) is 4.90 Å². The Bertz CT molecular complexity index is 2530. The molecule has 0 N–H and O–H groups in total. The van der Waals surface area contributed by atoms with Crippen LogP contribution in [0.4, 0.5) is 17.1 Å². The molecule has 0 aliphatic carbocycles. The molecule has 0 saturated heterocycles. The van der Waals surface area contributed by atoms with Crippen LogP contribution in [0.2, 0.25) is 0 Å². The fourth-order valence-corrected chi connectivity index (χ4v) is 21.4. The molecule has 0 amide bonds. The average Bonchev–Trinajstić information content (AvgIpc) is 3.21. The topological polar surface area (TPSA) is 3.24 Å². The van der Waals surface area contributed by atoms with E-state index in [1.807, 2.05) is 0 Å². The monoisotopic (exact) mass is 803 g/mol. The van der Waals surface area contributed by atoms with Crippen molar-refractivity contribution < 1.29 is 0 Å². The quantitative estimate of drug-likeness (QED) is 0.152. The van der Waals surface area contributed by atoms with E-state index in [1.54, 1.807) is 0 Å². The van der Waals surface area contributed by atoms with Crippen LogP contribution in [0.3, 0.4) is 0 Å². The number of fused-ring (bicyclic) bond motifs is 2. The van der Waals surface area contributed by atoms with E-state index in [2.05, 4.69) is 209 Å². The molecule has 284 valence electrons. The van der Waals surface area contributed by atoms with E-state index >= 15 is 0 Å². The number of aryl methyl sites for hydroxylation is 4. The van der Waals surface area contributed by atoms with Crippen molar-refractivity contribution in [2.45, 2.75) is 83.1 Å². The minimum atomic E-state index is -3.49. The predicted octanol–water partition coefficient (Wildman–Crippen LogP) is 9.06. The number of anilines is 3. The molecular formula is C54H56BGeN. The van der Waals surface area contributed by atoms with E-state index in [0.29, 0.717) is 0 Å². The Balaban J connectivity index is 1.46. The van der Waals surface area contributed by atoms with Crippen molar-refractivity contribution in [3.05, 3.63) is 188 Å². The molecule has 0 radical (unpaired) electrons. The van der Waals surface area contributed by atoms with Gasteiger partial charge in [0.1, 0.15) is 0 Å². The zero-order chi connectivity index (χ0) is 40.5. The molecule has 7 aromatic rings. The van der Waals surface area contributed by atoms with Crippen LogP contribution >= 0.6 is 0 Å². The molecule has 0 atom stereocenters. The predicted molar refractivity (Wildman–Crippen MR) is 253 cm³/mol. The van der Waals surface area contributed by atoms with Crippen LogP contribution in [0.25, 0.3) is 0 Å². The van der Waals surface area contributed by atoms with Gasteiger partial charge in [0.15, 0.2) is 0 Å². The minimum absolute atomic E-state index is 0.106. The van der Waals surface area contributed by atoms with E-state index in [4.69, 9.17) is 0 Å². The third kappa shape index (κ3) is 5.81. The fraction of sp³-hybridized carbons (Fsp3) is 0.222. The van der Waals surface area contributed by atoms with Gasteiger partial charge in [0.2, 0.25) is 0 Å². The molecule has 1 heterocycles. The number of para-hydroxylation sites is 2. The van der Waals surface area contributed by atoms with E-state index in [1.165, 1.54) is 118 Å². The van der Waals surface area contributed by atoms with Gasteiger partial charge >= 0.3 is 333 Å². The summed E-state index contributed by atoms with van der Waals surface area (Å²) in [5.74, 6) is 0. The second-order valence-electron chi connectivity index (χ2n) is 16.9. The summed E-state index contributed by atoms with van der Waals surface area (Å²) >= 11 is -3.49. The maximum atomic E-state index is 2.64. The molecule has 7 aromatic carbocycles. The van der Waals surface area contributed by atoms with Crippen molar-refractivity contribution in [3.8, 4) is 0 Å². The summed E-state index contributed by atoms with van der Waals surface area (Å²) in [6, 6.07) is 46.4. The molecule has 1 aliphatic rings. The second kappa shape index (κ2) is 14.7. The summed E-state index contributed by atoms with van der Waals surface area (Å²) in [5.41, 5.74) is 24.9. The molecule has 0 fully saturated rings. The van der Waals surface area contributed by atoms with Gasteiger partial charge in [0.05, 0.1) is 0 Å². The molecule has 0 bridgehead atoms. The number of rotatable bonds is 6. The Morgan fingerprint density at radius 2 is 0.702 bits per heavy atom. The summed E-state index contributed by atoms with van der Waals surface area (Å²) < 4.78 is 5.88. The molecule has 57 heavy (non-hydrogen) atoms. The van der Waals surface area contributed by atoms with Gasteiger partial charge in [-0.05, 0) is 13.8 Å². The summed E-state index contributed by atoms with van der Waals surface area (Å²) in [6.07, 6.45) is 0. The molecule has 0 unspecified atom stereocenters. The van der Waals surface area contributed by atoms with Crippen LogP contribution in [0.5, 0.6) is 0 Å². The first-order valence-electron chi connectivity index (χ1n) is 20.7. The Hall–Kier alpha value is -5.05. The number of hydrogen-bond donors (Lipinski definition) is 0. The van der Waals surface area contributed by atoms with Crippen LogP contribution in [0.1, 0.15) is 66.8 Å². The van der Waals surface area contributed by atoms with Crippen molar-refractivity contribution in [2.24, 2.45) is 0 Å². The summed E-state index contributed by atoms with van der Waals surface area (Å²) in [5, 5.41) is 0. The number of hydrogen-bond acceptors (Lipinski definition) is 1. The summed E-state index contributed by atoms with van der Waals surface area (Å²) in [6.45, 7) is 28.3. The zero-order valence-corrected chi connectivity index (χ0v) is 38.2. The van der Waals surface area contributed by atoms with Gasteiger partial charge in [-0.15, -0.1) is 0 Å². The van der Waals surface area contributed by atoms with Crippen LogP contribution in [-0.2, 0) is 0 Å².